The second-order valence-corrected chi connectivity index (χ2v) is 6.92. The van der Waals surface area contributed by atoms with Crippen molar-refractivity contribution in [3.8, 4) is 0 Å². The van der Waals surface area contributed by atoms with Crippen LogP contribution in [0.1, 0.15) is 38.4 Å². The van der Waals surface area contributed by atoms with Crippen LogP contribution in [-0.2, 0) is 0 Å². The standard InChI is InChI=1S/C15H21Cl2NO/c1-15(2)7-9-18(10-15)8-6-13(19)11-4-3-5-12(16)14(11)17/h3-5,13,19H,6-10H2,1-2H3. The van der Waals surface area contributed by atoms with E-state index in [1.165, 1.54) is 6.42 Å². The molecule has 0 saturated carbocycles. The van der Waals surface area contributed by atoms with Crippen molar-refractivity contribution in [1.29, 1.82) is 0 Å². The molecule has 1 aliphatic heterocycles. The summed E-state index contributed by atoms with van der Waals surface area (Å²) in [5.74, 6) is 0. The fourth-order valence-corrected chi connectivity index (χ4v) is 3.09. The number of likely N-dealkylation sites (tertiary alicyclic amines) is 1. The van der Waals surface area contributed by atoms with Crippen LogP contribution < -0.4 is 0 Å². The van der Waals surface area contributed by atoms with Crippen molar-refractivity contribution in [3.05, 3.63) is 33.8 Å². The Morgan fingerprint density at radius 1 is 1.37 bits per heavy atom. The number of rotatable bonds is 4. The Morgan fingerprint density at radius 3 is 2.74 bits per heavy atom. The van der Waals surface area contributed by atoms with Crippen LogP contribution >= 0.6 is 23.2 Å². The van der Waals surface area contributed by atoms with E-state index in [1.807, 2.05) is 12.1 Å². The molecule has 4 heteroatoms. The number of aliphatic hydroxyl groups excluding tert-OH is 1. The molecule has 1 aromatic carbocycles. The first-order valence-corrected chi connectivity index (χ1v) is 7.49. The van der Waals surface area contributed by atoms with Gasteiger partial charge < -0.3 is 10.0 Å². The van der Waals surface area contributed by atoms with Gasteiger partial charge in [-0.3, -0.25) is 0 Å². The zero-order valence-electron chi connectivity index (χ0n) is 11.5. The smallest absolute Gasteiger partial charge is 0.0817 e. The van der Waals surface area contributed by atoms with Crippen LogP contribution in [0.15, 0.2) is 18.2 Å². The van der Waals surface area contributed by atoms with Gasteiger partial charge >= 0.3 is 0 Å². The Labute approximate surface area is 125 Å². The average molecular weight is 302 g/mol. The van der Waals surface area contributed by atoms with E-state index < -0.39 is 6.10 Å². The largest absolute Gasteiger partial charge is 0.388 e. The third-order valence-corrected chi connectivity index (χ3v) is 4.65. The van der Waals surface area contributed by atoms with E-state index in [0.717, 1.165) is 25.2 Å². The highest BCUT2D eigenvalue weighted by Gasteiger charge is 2.29. The number of aliphatic hydroxyl groups is 1. The number of nitrogens with zero attached hydrogens (tertiary/aromatic N) is 1. The van der Waals surface area contributed by atoms with Crippen LogP contribution in [0, 0.1) is 5.41 Å². The van der Waals surface area contributed by atoms with Gasteiger partial charge in [0.05, 0.1) is 16.1 Å². The predicted molar refractivity (Wildman–Crippen MR) is 80.9 cm³/mol. The second-order valence-electron chi connectivity index (χ2n) is 6.14. The number of benzene rings is 1. The first-order valence-electron chi connectivity index (χ1n) is 6.73. The Hall–Kier alpha value is -0.280. The molecule has 0 aliphatic carbocycles. The minimum atomic E-state index is -0.546. The summed E-state index contributed by atoms with van der Waals surface area (Å²) < 4.78 is 0. The molecule has 1 atom stereocenters. The Morgan fingerprint density at radius 2 is 2.11 bits per heavy atom. The topological polar surface area (TPSA) is 23.5 Å². The molecule has 1 saturated heterocycles. The summed E-state index contributed by atoms with van der Waals surface area (Å²) in [5.41, 5.74) is 1.13. The van der Waals surface area contributed by atoms with Gasteiger partial charge in [-0.05, 0) is 30.9 Å². The van der Waals surface area contributed by atoms with Gasteiger partial charge in [-0.15, -0.1) is 0 Å². The highest BCUT2D eigenvalue weighted by atomic mass is 35.5. The normalized spacial score (nSPS) is 20.7. The number of halogens is 2. The van der Waals surface area contributed by atoms with Crippen LogP contribution in [-0.4, -0.2) is 29.6 Å². The first kappa shape index (κ1) is 15.1. The van der Waals surface area contributed by atoms with Gasteiger partial charge in [0.2, 0.25) is 0 Å². The van der Waals surface area contributed by atoms with Gasteiger partial charge in [0.25, 0.3) is 0 Å². The molecule has 0 spiro atoms. The molecule has 1 fully saturated rings. The Balaban J connectivity index is 1.91. The van der Waals surface area contributed by atoms with Crippen molar-refractivity contribution in [2.24, 2.45) is 5.41 Å². The third-order valence-electron chi connectivity index (χ3n) is 3.82. The van der Waals surface area contributed by atoms with Crippen molar-refractivity contribution in [3.63, 3.8) is 0 Å². The van der Waals surface area contributed by atoms with Gasteiger partial charge in [0.15, 0.2) is 0 Å². The van der Waals surface area contributed by atoms with Crippen LogP contribution in [0.2, 0.25) is 10.0 Å². The monoisotopic (exact) mass is 301 g/mol. The summed E-state index contributed by atoms with van der Waals surface area (Å²) in [5, 5.41) is 11.2. The van der Waals surface area contributed by atoms with Gasteiger partial charge in [-0.2, -0.15) is 0 Å². The highest BCUT2D eigenvalue weighted by molar-refractivity contribution is 6.42. The third kappa shape index (κ3) is 3.85. The molecule has 2 rings (SSSR count). The molecule has 1 heterocycles. The molecule has 1 unspecified atom stereocenters. The van der Waals surface area contributed by atoms with Gasteiger partial charge in [0, 0.05) is 18.7 Å². The zero-order chi connectivity index (χ0) is 14.0. The lowest BCUT2D eigenvalue weighted by Gasteiger charge is -2.21. The zero-order valence-corrected chi connectivity index (χ0v) is 13.0. The molecular formula is C15H21Cl2NO. The Bertz CT molecular complexity index is 448. The summed E-state index contributed by atoms with van der Waals surface area (Å²) in [4.78, 5) is 2.40. The maximum atomic E-state index is 10.2. The van der Waals surface area contributed by atoms with Gasteiger partial charge in [-0.1, -0.05) is 49.2 Å². The SMILES string of the molecule is CC1(C)CCN(CCC(O)c2cccc(Cl)c2Cl)C1. The van der Waals surface area contributed by atoms with E-state index in [-0.39, 0.29) is 0 Å². The molecule has 19 heavy (non-hydrogen) atoms. The maximum Gasteiger partial charge on any atom is 0.0817 e. The molecule has 1 aliphatic rings. The summed E-state index contributed by atoms with van der Waals surface area (Å²) in [6.07, 6.45) is 1.37. The maximum absolute atomic E-state index is 10.2. The first-order chi connectivity index (χ1) is 8.89. The number of hydrogen-bond donors (Lipinski definition) is 1. The number of hydrogen-bond acceptors (Lipinski definition) is 2. The van der Waals surface area contributed by atoms with E-state index in [1.54, 1.807) is 6.07 Å². The van der Waals surface area contributed by atoms with Crippen molar-refractivity contribution in [2.75, 3.05) is 19.6 Å². The summed E-state index contributed by atoms with van der Waals surface area (Å²) in [6, 6.07) is 5.40. The lowest BCUT2D eigenvalue weighted by molar-refractivity contribution is 0.146. The molecule has 1 aromatic rings. The minimum Gasteiger partial charge on any atom is -0.388 e. The van der Waals surface area contributed by atoms with Crippen molar-refractivity contribution < 1.29 is 5.11 Å². The van der Waals surface area contributed by atoms with Crippen molar-refractivity contribution in [2.45, 2.75) is 32.8 Å². The van der Waals surface area contributed by atoms with Gasteiger partial charge in [-0.25, -0.2) is 0 Å². The summed E-state index contributed by atoms with van der Waals surface area (Å²) in [6.45, 7) is 7.69. The molecule has 0 bridgehead atoms. The molecule has 2 nitrogen and oxygen atoms in total. The van der Waals surface area contributed by atoms with E-state index in [0.29, 0.717) is 21.9 Å². The quantitative estimate of drug-likeness (QED) is 0.903. The second kappa shape index (κ2) is 6.01. The van der Waals surface area contributed by atoms with Crippen molar-refractivity contribution in [1.82, 2.24) is 4.90 Å². The van der Waals surface area contributed by atoms with E-state index in [9.17, 15) is 5.11 Å². The van der Waals surface area contributed by atoms with E-state index in [4.69, 9.17) is 23.2 Å². The predicted octanol–water partition coefficient (Wildman–Crippen LogP) is 4.15. The summed E-state index contributed by atoms with van der Waals surface area (Å²) in [7, 11) is 0. The van der Waals surface area contributed by atoms with Crippen LogP contribution in [0.25, 0.3) is 0 Å². The fourth-order valence-electron chi connectivity index (χ4n) is 2.65. The van der Waals surface area contributed by atoms with Crippen LogP contribution in [0.3, 0.4) is 0 Å². The fraction of sp³-hybridized carbons (Fsp3) is 0.600. The molecule has 1 N–H and O–H groups in total. The van der Waals surface area contributed by atoms with Crippen molar-refractivity contribution >= 4 is 23.2 Å². The minimum absolute atomic E-state index is 0.401. The van der Waals surface area contributed by atoms with Crippen LogP contribution in [0.4, 0.5) is 0 Å². The average Bonchev–Trinajstić information content (AvgIpc) is 2.69. The molecule has 106 valence electrons. The van der Waals surface area contributed by atoms with Gasteiger partial charge in [0.1, 0.15) is 0 Å². The Kier molecular flexibility index (Phi) is 4.78. The van der Waals surface area contributed by atoms with Crippen LogP contribution in [0.5, 0.6) is 0 Å². The lowest BCUT2D eigenvalue weighted by atomic mass is 9.93. The van der Waals surface area contributed by atoms with E-state index in [2.05, 4.69) is 18.7 Å². The molecular weight excluding hydrogens is 281 g/mol. The molecule has 0 radical (unpaired) electrons. The lowest BCUT2D eigenvalue weighted by Crippen LogP contribution is -2.25. The molecule has 0 aromatic heterocycles. The molecule has 0 amide bonds. The van der Waals surface area contributed by atoms with E-state index >= 15 is 0 Å². The highest BCUT2D eigenvalue weighted by Crippen LogP contribution is 2.33. The summed E-state index contributed by atoms with van der Waals surface area (Å²) >= 11 is 12.1.